The molecule has 26 heavy (non-hydrogen) atoms. The van der Waals surface area contributed by atoms with Gasteiger partial charge in [0.05, 0.1) is 6.04 Å². The topological polar surface area (TPSA) is 77.1 Å². The first-order chi connectivity index (χ1) is 12.4. The van der Waals surface area contributed by atoms with Gasteiger partial charge in [-0.3, -0.25) is 4.79 Å². The average Bonchev–Trinajstić information content (AvgIpc) is 2.96. The van der Waals surface area contributed by atoms with Crippen LogP contribution in [0.15, 0.2) is 57.7 Å². The molecule has 0 radical (unpaired) electrons. The maximum absolute atomic E-state index is 13.0. The number of rotatable bonds is 5. The number of halogens is 2. The van der Waals surface area contributed by atoms with Gasteiger partial charge in [-0.2, -0.15) is 4.68 Å². The Morgan fingerprint density at radius 2 is 2.04 bits per heavy atom. The Morgan fingerprint density at radius 3 is 2.73 bits per heavy atom. The van der Waals surface area contributed by atoms with Crippen molar-refractivity contribution < 1.29 is 13.6 Å². The minimum absolute atomic E-state index is 0.0192. The smallest absolute Gasteiger partial charge is 0.388 e. The lowest BCUT2D eigenvalue weighted by Crippen LogP contribution is -2.33. The van der Waals surface area contributed by atoms with Crippen molar-refractivity contribution in [3.63, 3.8) is 0 Å². The maximum Gasteiger partial charge on any atom is 0.437 e. The molecule has 0 spiro atoms. The highest BCUT2D eigenvalue weighted by atomic mass is 35.5. The second kappa shape index (κ2) is 7.53. The average molecular weight is 376 g/mol. The molecule has 0 bridgehead atoms. The molecule has 1 aromatic heterocycles. The third kappa shape index (κ3) is 4.18. The molecule has 2 aromatic carbocycles. The molecule has 0 aliphatic rings. The zero-order valence-corrected chi connectivity index (χ0v) is 14.5. The molecule has 1 N–H and O–H groups in total. The first-order valence-corrected chi connectivity index (χ1v) is 8.19. The summed E-state index contributed by atoms with van der Waals surface area (Å²) in [5, 5.41) is 7.31. The zero-order valence-electron chi connectivity index (χ0n) is 13.8. The minimum Gasteiger partial charge on any atom is -0.388 e. The van der Waals surface area contributed by atoms with Gasteiger partial charge in [-0.15, -0.1) is 5.10 Å². The van der Waals surface area contributed by atoms with Crippen molar-refractivity contribution in [1.29, 1.82) is 0 Å². The Kier molecular flexibility index (Phi) is 5.18. The molecule has 0 aliphatic carbocycles. The molecule has 1 heterocycles. The fourth-order valence-electron chi connectivity index (χ4n) is 2.40. The number of carbonyl (C=O) groups is 1. The summed E-state index contributed by atoms with van der Waals surface area (Å²) < 4.78 is 18.9. The van der Waals surface area contributed by atoms with Crippen molar-refractivity contribution >= 4 is 17.5 Å². The molecular weight excluding hydrogens is 361 g/mol. The first kappa shape index (κ1) is 17.9. The van der Waals surface area contributed by atoms with Crippen LogP contribution < -0.4 is 11.1 Å². The quantitative estimate of drug-likeness (QED) is 0.743. The first-order valence-electron chi connectivity index (χ1n) is 7.81. The van der Waals surface area contributed by atoms with Gasteiger partial charge in [-0.05, 0) is 48.9 Å². The van der Waals surface area contributed by atoms with Crippen LogP contribution in [0.5, 0.6) is 0 Å². The summed E-state index contributed by atoms with van der Waals surface area (Å²) in [5.74, 6) is -1.57. The van der Waals surface area contributed by atoms with Crippen LogP contribution in [0.25, 0.3) is 11.5 Å². The largest absolute Gasteiger partial charge is 0.437 e. The van der Waals surface area contributed by atoms with Gasteiger partial charge in [0.2, 0.25) is 11.8 Å². The van der Waals surface area contributed by atoms with Crippen LogP contribution in [0.2, 0.25) is 5.02 Å². The van der Waals surface area contributed by atoms with Crippen LogP contribution >= 0.6 is 11.6 Å². The predicted octanol–water partition coefficient (Wildman–Crippen LogP) is 3.17. The van der Waals surface area contributed by atoms with Gasteiger partial charge in [0.25, 0.3) is 0 Å². The van der Waals surface area contributed by atoms with Crippen LogP contribution in [0, 0.1) is 5.82 Å². The van der Waals surface area contributed by atoms with Gasteiger partial charge >= 0.3 is 5.76 Å². The van der Waals surface area contributed by atoms with Crippen LogP contribution in [-0.4, -0.2) is 15.7 Å². The lowest BCUT2D eigenvalue weighted by Gasteiger charge is -2.14. The zero-order chi connectivity index (χ0) is 18.7. The molecule has 8 heteroatoms. The van der Waals surface area contributed by atoms with E-state index in [9.17, 15) is 14.0 Å². The van der Waals surface area contributed by atoms with Crippen LogP contribution in [0.3, 0.4) is 0 Å². The summed E-state index contributed by atoms with van der Waals surface area (Å²) in [4.78, 5) is 24.1. The Labute approximate surface area is 153 Å². The standard InChI is InChI=1S/C18H15ClFN3O3/c1-11(13-3-2-4-14(19)9-13)21-16(24)10-23-18(25)26-17(22-23)12-5-7-15(20)8-6-12/h2-9,11H,10H2,1H3,(H,21,24). The van der Waals surface area contributed by atoms with Gasteiger partial charge in [0.1, 0.15) is 12.4 Å². The van der Waals surface area contributed by atoms with Crippen molar-refractivity contribution in [1.82, 2.24) is 15.1 Å². The van der Waals surface area contributed by atoms with E-state index in [1.54, 1.807) is 25.1 Å². The highest BCUT2D eigenvalue weighted by Gasteiger charge is 2.15. The molecular formula is C18H15ClFN3O3. The number of nitrogens with zero attached hydrogens (tertiary/aromatic N) is 2. The van der Waals surface area contributed by atoms with Crippen molar-refractivity contribution in [2.24, 2.45) is 0 Å². The number of nitrogens with one attached hydrogen (secondary N) is 1. The molecule has 134 valence electrons. The number of hydrogen-bond acceptors (Lipinski definition) is 4. The van der Waals surface area contributed by atoms with E-state index in [1.165, 1.54) is 24.3 Å². The number of amides is 1. The highest BCUT2D eigenvalue weighted by molar-refractivity contribution is 6.30. The molecule has 0 fully saturated rings. The van der Waals surface area contributed by atoms with Crippen LogP contribution in [-0.2, 0) is 11.3 Å². The second-order valence-electron chi connectivity index (χ2n) is 5.68. The van der Waals surface area contributed by atoms with E-state index in [2.05, 4.69) is 10.4 Å². The summed E-state index contributed by atoms with van der Waals surface area (Å²) in [6, 6.07) is 12.2. The highest BCUT2D eigenvalue weighted by Crippen LogP contribution is 2.18. The van der Waals surface area contributed by atoms with Gasteiger partial charge < -0.3 is 9.73 Å². The van der Waals surface area contributed by atoms with Crippen molar-refractivity contribution in [3.8, 4) is 11.5 Å². The third-order valence-corrected chi connectivity index (χ3v) is 3.95. The molecule has 1 unspecified atom stereocenters. The van der Waals surface area contributed by atoms with Gasteiger partial charge in [0, 0.05) is 10.6 Å². The molecule has 1 amide bonds. The van der Waals surface area contributed by atoms with E-state index in [-0.39, 0.29) is 18.5 Å². The molecule has 3 rings (SSSR count). The van der Waals surface area contributed by atoms with E-state index in [0.717, 1.165) is 10.2 Å². The van der Waals surface area contributed by atoms with Crippen molar-refractivity contribution in [3.05, 3.63) is 75.5 Å². The lowest BCUT2D eigenvalue weighted by molar-refractivity contribution is -0.122. The normalized spacial score (nSPS) is 12.0. The monoisotopic (exact) mass is 375 g/mol. The number of hydrogen-bond donors (Lipinski definition) is 1. The molecule has 0 saturated carbocycles. The summed E-state index contributed by atoms with van der Waals surface area (Å²) in [5.41, 5.74) is 1.28. The Balaban J connectivity index is 1.69. The Morgan fingerprint density at radius 1 is 1.31 bits per heavy atom. The fourth-order valence-corrected chi connectivity index (χ4v) is 2.60. The third-order valence-electron chi connectivity index (χ3n) is 3.72. The molecule has 0 saturated heterocycles. The summed E-state index contributed by atoms with van der Waals surface area (Å²) in [6.07, 6.45) is 0. The number of benzene rings is 2. The summed E-state index contributed by atoms with van der Waals surface area (Å²) in [6.45, 7) is 1.51. The van der Waals surface area contributed by atoms with Crippen LogP contribution in [0.4, 0.5) is 4.39 Å². The van der Waals surface area contributed by atoms with Gasteiger partial charge in [-0.25, -0.2) is 9.18 Å². The Bertz CT molecular complexity index is 982. The SMILES string of the molecule is CC(NC(=O)Cn1nc(-c2ccc(F)cc2)oc1=O)c1cccc(Cl)c1. The number of aromatic nitrogens is 2. The van der Waals surface area contributed by atoms with Gasteiger partial charge in [0.15, 0.2) is 0 Å². The van der Waals surface area contributed by atoms with Crippen molar-refractivity contribution in [2.45, 2.75) is 19.5 Å². The molecule has 3 aromatic rings. The van der Waals surface area contributed by atoms with E-state index in [1.807, 2.05) is 6.07 Å². The fraction of sp³-hybridized carbons (Fsp3) is 0.167. The predicted molar refractivity (Wildman–Crippen MR) is 94.2 cm³/mol. The van der Waals surface area contributed by atoms with E-state index in [0.29, 0.717) is 10.6 Å². The van der Waals surface area contributed by atoms with E-state index >= 15 is 0 Å². The van der Waals surface area contributed by atoms with Gasteiger partial charge in [-0.1, -0.05) is 23.7 Å². The van der Waals surface area contributed by atoms with E-state index < -0.39 is 17.5 Å². The Hall–Kier alpha value is -2.93. The summed E-state index contributed by atoms with van der Waals surface area (Å²) >= 11 is 5.94. The summed E-state index contributed by atoms with van der Waals surface area (Å²) in [7, 11) is 0. The van der Waals surface area contributed by atoms with E-state index in [4.69, 9.17) is 16.0 Å². The lowest BCUT2D eigenvalue weighted by atomic mass is 10.1. The maximum atomic E-state index is 13.0. The molecule has 6 nitrogen and oxygen atoms in total. The van der Waals surface area contributed by atoms with Crippen molar-refractivity contribution in [2.75, 3.05) is 0 Å². The van der Waals surface area contributed by atoms with Crippen LogP contribution in [0.1, 0.15) is 18.5 Å². The minimum atomic E-state index is -0.769. The molecule has 1 atom stereocenters. The molecule has 0 aliphatic heterocycles. The number of carbonyl (C=O) groups excluding carboxylic acids is 1. The second-order valence-corrected chi connectivity index (χ2v) is 6.12.